The number of nitrogens with one attached hydrogen (secondary N) is 1. The molecule has 0 spiro atoms. The molecule has 0 saturated carbocycles. The molecule has 2 rings (SSSR count). The van der Waals surface area contributed by atoms with E-state index in [1.54, 1.807) is 18.3 Å². The maximum Gasteiger partial charge on any atom is 0.417 e. The Morgan fingerprint density at radius 2 is 2.08 bits per heavy atom. The average Bonchev–Trinajstić information content (AvgIpc) is 2.58. The van der Waals surface area contributed by atoms with E-state index in [0.717, 1.165) is 23.8 Å². The van der Waals surface area contributed by atoms with Crippen LogP contribution in [0, 0.1) is 0 Å². The van der Waals surface area contributed by atoms with Crippen molar-refractivity contribution in [2.75, 3.05) is 7.11 Å². The Bertz CT molecular complexity index is 774. The largest absolute Gasteiger partial charge is 0.481 e. The van der Waals surface area contributed by atoms with Crippen molar-refractivity contribution in [3.8, 4) is 5.88 Å². The van der Waals surface area contributed by atoms with Gasteiger partial charge in [0.05, 0.1) is 17.7 Å². The number of hydrogen-bond donors (Lipinski definition) is 1. The number of ether oxygens (including phenoxy) is 1. The number of nitrogens with zero attached hydrogens (tertiary/aromatic N) is 1. The molecule has 0 radical (unpaired) electrons. The zero-order valence-electron chi connectivity index (χ0n) is 13.1. The van der Waals surface area contributed by atoms with Crippen LogP contribution in [0.5, 0.6) is 5.88 Å². The number of halogens is 4. The minimum atomic E-state index is -4.55. The van der Waals surface area contributed by atoms with Crippen molar-refractivity contribution in [2.24, 2.45) is 0 Å². The Morgan fingerprint density at radius 1 is 1.32 bits per heavy atom. The van der Waals surface area contributed by atoms with Crippen LogP contribution in [0.3, 0.4) is 0 Å². The Kier molecular flexibility index (Phi) is 6.03. The summed E-state index contributed by atoms with van der Waals surface area (Å²) in [5, 5.41) is 2.22. The number of benzene rings is 1. The van der Waals surface area contributed by atoms with Crippen LogP contribution in [0.15, 0.2) is 42.6 Å². The second kappa shape index (κ2) is 8.02. The van der Waals surface area contributed by atoms with Gasteiger partial charge in [-0.05, 0) is 29.3 Å². The summed E-state index contributed by atoms with van der Waals surface area (Å²) in [6.07, 6.45) is -0.560. The van der Waals surface area contributed by atoms with Crippen molar-refractivity contribution in [3.05, 3.63) is 64.3 Å². The van der Waals surface area contributed by atoms with Gasteiger partial charge in [0.2, 0.25) is 11.8 Å². The zero-order valence-corrected chi connectivity index (χ0v) is 13.9. The highest BCUT2D eigenvalue weighted by atomic mass is 35.5. The van der Waals surface area contributed by atoms with Gasteiger partial charge in [0.15, 0.2) is 0 Å². The summed E-state index contributed by atoms with van der Waals surface area (Å²) in [5.41, 5.74) is 0.0346. The van der Waals surface area contributed by atoms with Gasteiger partial charge < -0.3 is 10.1 Å². The fourth-order valence-corrected chi connectivity index (χ4v) is 2.14. The number of carbonyl (C=O) groups excluding carboxylic acids is 1. The molecule has 0 aliphatic rings. The summed E-state index contributed by atoms with van der Waals surface area (Å²) in [4.78, 5) is 15.8. The number of alkyl halides is 3. The van der Waals surface area contributed by atoms with E-state index in [1.807, 2.05) is 0 Å². The zero-order chi connectivity index (χ0) is 18.4. The van der Waals surface area contributed by atoms with Crippen LogP contribution < -0.4 is 10.1 Å². The summed E-state index contributed by atoms with van der Waals surface area (Å²) in [7, 11) is 1.50. The molecule has 1 aromatic carbocycles. The quantitative estimate of drug-likeness (QED) is 0.806. The summed E-state index contributed by atoms with van der Waals surface area (Å²) in [6.45, 7) is 0.231. The van der Waals surface area contributed by atoms with Crippen LogP contribution in [-0.4, -0.2) is 18.0 Å². The Labute approximate surface area is 147 Å². The molecule has 2 aromatic rings. The van der Waals surface area contributed by atoms with Gasteiger partial charge in [0, 0.05) is 24.9 Å². The molecule has 0 fully saturated rings. The number of amides is 1. The maximum atomic E-state index is 12.8. The molecule has 0 unspecified atom stereocenters. The minimum Gasteiger partial charge on any atom is -0.481 e. The van der Waals surface area contributed by atoms with Crippen molar-refractivity contribution >= 4 is 23.6 Å². The van der Waals surface area contributed by atoms with E-state index < -0.39 is 17.6 Å². The lowest BCUT2D eigenvalue weighted by molar-refractivity contribution is -0.137. The fraction of sp³-hybridized carbons (Fsp3) is 0.176. The predicted octanol–water partition coefficient (Wildman–Crippen LogP) is 4.09. The molecule has 1 heterocycles. The number of methoxy groups -OCH3 is 1. The monoisotopic (exact) mass is 370 g/mol. The number of hydrogen-bond acceptors (Lipinski definition) is 3. The summed E-state index contributed by atoms with van der Waals surface area (Å²) in [6, 6.07) is 6.83. The molecule has 1 N–H and O–H groups in total. The molecule has 1 aromatic heterocycles. The molecule has 1 amide bonds. The van der Waals surface area contributed by atoms with Crippen molar-refractivity contribution in [2.45, 2.75) is 12.7 Å². The second-order valence-electron chi connectivity index (χ2n) is 5.00. The molecule has 0 aliphatic heterocycles. The predicted molar refractivity (Wildman–Crippen MR) is 88.1 cm³/mol. The first-order chi connectivity index (χ1) is 11.8. The van der Waals surface area contributed by atoms with Crippen molar-refractivity contribution in [1.82, 2.24) is 10.3 Å². The second-order valence-corrected chi connectivity index (χ2v) is 5.40. The van der Waals surface area contributed by atoms with Crippen LogP contribution in [-0.2, 0) is 17.5 Å². The van der Waals surface area contributed by atoms with Gasteiger partial charge in [-0.2, -0.15) is 13.2 Å². The molecule has 132 valence electrons. The Hall–Kier alpha value is -2.54. The maximum absolute atomic E-state index is 12.8. The van der Waals surface area contributed by atoms with E-state index >= 15 is 0 Å². The lowest BCUT2D eigenvalue weighted by atomic mass is 10.1. The summed E-state index contributed by atoms with van der Waals surface area (Å²) in [5.74, 6) is 0.0116. The third-order valence-corrected chi connectivity index (χ3v) is 3.53. The first-order valence-electron chi connectivity index (χ1n) is 7.11. The van der Waals surface area contributed by atoms with Gasteiger partial charge in [0.1, 0.15) is 0 Å². The molecule has 25 heavy (non-hydrogen) atoms. The number of aromatic nitrogens is 1. The summed E-state index contributed by atoms with van der Waals surface area (Å²) < 4.78 is 43.3. The average molecular weight is 371 g/mol. The Morgan fingerprint density at radius 3 is 2.68 bits per heavy atom. The van der Waals surface area contributed by atoms with Gasteiger partial charge >= 0.3 is 6.18 Å². The Balaban J connectivity index is 1.97. The molecule has 4 nitrogen and oxygen atoms in total. The van der Waals surface area contributed by atoms with Crippen LogP contribution >= 0.6 is 11.6 Å². The molecule has 8 heteroatoms. The van der Waals surface area contributed by atoms with E-state index in [1.165, 1.54) is 19.3 Å². The van der Waals surface area contributed by atoms with E-state index in [2.05, 4.69) is 10.3 Å². The molecule has 0 aliphatic carbocycles. The van der Waals surface area contributed by atoms with E-state index in [4.69, 9.17) is 16.3 Å². The van der Waals surface area contributed by atoms with Gasteiger partial charge in [-0.15, -0.1) is 0 Å². The fourth-order valence-electron chi connectivity index (χ4n) is 1.92. The first-order valence-corrected chi connectivity index (χ1v) is 7.49. The first kappa shape index (κ1) is 18.8. The van der Waals surface area contributed by atoms with Gasteiger partial charge in [-0.1, -0.05) is 23.7 Å². The normalized spacial score (nSPS) is 11.6. The summed E-state index contributed by atoms with van der Waals surface area (Å²) >= 11 is 5.54. The number of rotatable bonds is 5. The van der Waals surface area contributed by atoms with Gasteiger partial charge in [-0.25, -0.2) is 4.98 Å². The van der Waals surface area contributed by atoms with Crippen LogP contribution in [0.25, 0.3) is 6.08 Å². The molecule has 0 bridgehead atoms. The van der Waals surface area contributed by atoms with E-state index in [0.29, 0.717) is 5.88 Å². The highest BCUT2D eigenvalue weighted by molar-refractivity contribution is 6.31. The van der Waals surface area contributed by atoms with Crippen LogP contribution in [0.1, 0.15) is 16.7 Å². The van der Waals surface area contributed by atoms with E-state index in [-0.39, 0.29) is 17.1 Å². The topological polar surface area (TPSA) is 51.2 Å². The highest BCUT2D eigenvalue weighted by Gasteiger charge is 2.33. The van der Waals surface area contributed by atoms with Crippen LogP contribution in [0.2, 0.25) is 5.02 Å². The molecular weight excluding hydrogens is 357 g/mol. The SMILES string of the molecule is COc1ccc(CNC(=O)/C=C/c2ccc(Cl)c(C(F)(F)F)c2)cn1. The lowest BCUT2D eigenvalue weighted by Gasteiger charge is -2.09. The number of pyridine rings is 1. The van der Waals surface area contributed by atoms with Crippen molar-refractivity contribution in [3.63, 3.8) is 0 Å². The third-order valence-electron chi connectivity index (χ3n) is 3.20. The van der Waals surface area contributed by atoms with E-state index in [9.17, 15) is 18.0 Å². The lowest BCUT2D eigenvalue weighted by Crippen LogP contribution is -2.20. The standard InChI is InChI=1S/C17H14ClF3N2O2/c1-25-16-7-4-12(10-23-16)9-22-15(24)6-3-11-2-5-14(18)13(8-11)17(19,20)21/h2-8,10H,9H2,1H3,(H,22,24)/b6-3+. The third kappa shape index (κ3) is 5.49. The molecular formula is C17H14ClF3N2O2. The minimum absolute atomic E-state index is 0.220. The van der Waals surface area contributed by atoms with Crippen molar-refractivity contribution < 1.29 is 22.7 Å². The highest BCUT2D eigenvalue weighted by Crippen LogP contribution is 2.35. The van der Waals surface area contributed by atoms with Crippen molar-refractivity contribution in [1.29, 1.82) is 0 Å². The number of carbonyl (C=O) groups is 1. The smallest absolute Gasteiger partial charge is 0.417 e. The van der Waals surface area contributed by atoms with Gasteiger partial charge in [-0.3, -0.25) is 4.79 Å². The molecule has 0 saturated heterocycles. The van der Waals surface area contributed by atoms with Crippen LogP contribution in [0.4, 0.5) is 13.2 Å². The van der Waals surface area contributed by atoms with Gasteiger partial charge in [0.25, 0.3) is 0 Å². The molecule has 0 atom stereocenters.